The highest BCUT2D eigenvalue weighted by molar-refractivity contribution is 5.22. The van der Waals surface area contributed by atoms with Crippen LogP contribution in [-0.2, 0) is 0 Å². The molecular formula is C8F18. The molecule has 0 aliphatic rings. The minimum Gasteiger partial charge on any atom is -0.222 e. The SMILES string of the molecule is FC(F)(F)C(F)(F)C(C(F)(F)F)(C(F)(F)F)C(F)(C(F)(F)F)C(F)(F)F. The fourth-order valence-corrected chi connectivity index (χ4v) is 1.92. The smallest absolute Gasteiger partial charge is 0.222 e. The van der Waals surface area contributed by atoms with E-state index in [9.17, 15) is 79.0 Å². The normalized spacial score (nSPS) is 16.8. The standard InChI is InChI=1S/C8F18/c9-2(6(18,19)20,7(21,22)23)1(4(12,13)14,5(15,16)17)3(10,11)8(24,25)26. The maximum atomic E-state index is 13.5. The van der Waals surface area contributed by atoms with Crippen LogP contribution in [0.4, 0.5) is 79.0 Å². The third-order valence-corrected chi connectivity index (χ3v) is 2.98. The predicted octanol–water partition coefficient (Wildman–Crippen LogP) is 6.13. The summed E-state index contributed by atoms with van der Waals surface area (Å²) in [6.07, 6.45) is -43.0. The van der Waals surface area contributed by atoms with Crippen LogP contribution in [0.1, 0.15) is 0 Å². The van der Waals surface area contributed by atoms with Crippen molar-refractivity contribution in [2.45, 2.75) is 42.5 Å². The second kappa shape index (κ2) is 5.62. The summed E-state index contributed by atoms with van der Waals surface area (Å²) in [5, 5.41) is 0. The molecule has 0 spiro atoms. The van der Waals surface area contributed by atoms with Crippen molar-refractivity contribution in [1.29, 1.82) is 0 Å². The van der Waals surface area contributed by atoms with Crippen molar-refractivity contribution in [2.24, 2.45) is 5.41 Å². The molecule has 0 N–H and O–H groups in total. The van der Waals surface area contributed by atoms with Crippen molar-refractivity contribution >= 4 is 0 Å². The second-order valence-corrected chi connectivity index (χ2v) is 4.47. The van der Waals surface area contributed by atoms with Gasteiger partial charge >= 0.3 is 42.5 Å². The molecule has 0 saturated carbocycles. The number of rotatable bonds is 2. The van der Waals surface area contributed by atoms with Crippen LogP contribution in [-0.4, -0.2) is 42.5 Å². The van der Waals surface area contributed by atoms with E-state index in [1.165, 1.54) is 0 Å². The van der Waals surface area contributed by atoms with E-state index >= 15 is 0 Å². The molecule has 0 radical (unpaired) electrons. The lowest BCUT2D eigenvalue weighted by Crippen LogP contribution is -2.81. The second-order valence-electron chi connectivity index (χ2n) is 4.47. The van der Waals surface area contributed by atoms with Crippen LogP contribution in [0.3, 0.4) is 0 Å². The van der Waals surface area contributed by atoms with Crippen molar-refractivity contribution in [2.75, 3.05) is 0 Å². The third-order valence-electron chi connectivity index (χ3n) is 2.98. The van der Waals surface area contributed by atoms with Crippen molar-refractivity contribution < 1.29 is 79.0 Å². The molecule has 0 nitrogen and oxygen atoms in total. The molecule has 0 aromatic heterocycles. The summed E-state index contributed by atoms with van der Waals surface area (Å²) >= 11 is 0. The van der Waals surface area contributed by atoms with Gasteiger partial charge in [-0.15, -0.1) is 0 Å². The molecule has 0 aromatic rings. The molecule has 0 aliphatic carbocycles. The Kier molecular flexibility index (Phi) is 5.35. The van der Waals surface area contributed by atoms with Gasteiger partial charge in [0.05, 0.1) is 0 Å². The average molecular weight is 438 g/mol. The van der Waals surface area contributed by atoms with Gasteiger partial charge in [0.25, 0.3) is 5.41 Å². The minimum absolute atomic E-state index is 8.33. The Hall–Kier alpha value is -1.26. The van der Waals surface area contributed by atoms with Gasteiger partial charge in [-0.1, -0.05) is 0 Å². The lowest BCUT2D eigenvalue weighted by molar-refractivity contribution is -0.526. The van der Waals surface area contributed by atoms with Crippen LogP contribution in [0.15, 0.2) is 0 Å². The molecule has 26 heavy (non-hydrogen) atoms. The summed E-state index contributed by atoms with van der Waals surface area (Å²) in [5.41, 5.74) is -18.4. The van der Waals surface area contributed by atoms with Crippen LogP contribution >= 0.6 is 0 Å². The molecule has 0 heterocycles. The number of hydrogen-bond acceptors (Lipinski definition) is 0. The van der Waals surface area contributed by atoms with Crippen LogP contribution < -0.4 is 0 Å². The quantitative estimate of drug-likeness (QED) is 0.456. The van der Waals surface area contributed by atoms with Gasteiger partial charge in [0.15, 0.2) is 0 Å². The molecule has 0 atom stereocenters. The zero-order valence-electron chi connectivity index (χ0n) is 10.8. The molecular weight excluding hydrogens is 438 g/mol. The Morgan fingerprint density at radius 3 is 0.615 bits per heavy atom. The Labute approximate surface area is 128 Å². The van der Waals surface area contributed by atoms with Crippen LogP contribution in [0.5, 0.6) is 0 Å². The average Bonchev–Trinajstić information content (AvgIpc) is 2.19. The van der Waals surface area contributed by atoms with E-state index < -0.39 is 47.9 Å². The van der Waals surface area contributed by atoms with E-state index in [2.05, 4.69) is 0 Å². The highest BCUT2D eigenvalue weighted by Crippen LogP contribution is 2.74. The first-order chi connectivity index (χ1) is 10.8. The Bertz CT molecular complexity index is 476. The lowest BCUT2D eigenvalue weighted by atomic mass is 9.65. The van der Waals surface area contributed by atoms with Gasteiger partial charge in [0, 0.05) is 0 Å². The maximum absolute atomic E-state index is 13.5. The molecule has 0 saturated heterocycles. The summed E-state index contributed by atoms with van der Waals surface area (Å²) in [6, 6.07) is 0. The fraction of sp³-hybridized carbons (Fsp3) is 1.00. The van der Waals surface area contributed by atoms with Crippen LogP contribution in [0.2, 0.25) is 0 Å². The minimum atomic E-state index is -9.30. The molecule has 0 rings (SSSR count). The van der Waals surface area contributed by atoms with Crippen molar-refractivity contribution in [3.63, 3.8) is 0 Å². The first kappa shape index (κ1) is 24.7. The van der Waals surface area contributed by atoms with Gasteiger partial charge in [-0.25, -0.2) is 4.39 Å². The zero-order chi connectivity index (χ0) is 22.0. The predicted molar refractivity (Wildman–Crippen MR) is 41.5 cm³/mol. The van der Waals surface area contributed by atoms with Crippen LogP contribution in [0.25, 0.3) is 0 Å². The van der Waals surface area contributed by atoms with E-state index in [0.717, 1.165) is 0 Å². The first-order valence-corrected chi connectivity index (χ1v) is 5.15. The van der Waals surface area contributed by atoms with E-state index in [4.69, 9.17) is 0 Å². The molecule has 0 amide bonds. The van der Waals surface area contributed by atoms with Gasteiger partial charge < -0.3 is 0 Å². The largest absolute Gasteiger partial charge is 0.454 e. The fourth-order valence-electron chi connectivity index (χ4n) is 1.92. The van der Waals surface area contributed by atoms with Crippen molar-refractivity contribution in [1.82, 2.24) is 0 Å². The molecule has 0 fully saturated rings. The van der Waals surface area contributed by atoms with Gasteiger partial charge in [-0.2, -0.15) is 74.6 Å². The van der Waals surface area contributed by atoms with Gasteiger partial charge in [0.2, 0.25) is 0 Å². The molecule has 158 valence electrons. The van der Waals surface area contributed by atoms with Crippen molar-refractivity contribution in [3.05, 3.63) is 0 Å². The summed E-state index contributed by atoms with van der Waals surface area (Å²) in [4.78, 5) is 0. The summed E-state index contributed by atoms with van der Waals surface area (Å²) in [6.45, 7) is 0. The van der Waals surface area contributed by atoms with Gasteiger partial charge in [0.1, 0.15) is 0 Å². The zero-order valence-corrected chi connectivity index (χ0v) is 10.8. The lowest BCUT2D eigenvalue weighted by Gasteiger charge is -2.50. The summed E-state index contributed by atoms with van der Waals surface area (Å²) in [5.74, 6) is -8.95. The molecule has 18 heteroatoms. The third kappa shape index (κ3) is 2.82. The van der Waals surface area contributed by atoms with Gasteiger partial charge in [-0.3, -0.25) is 0 Å². The molecule has 0 aliphatic heterocycles. The maximum Gasteiger partial charge on any atom is 0.454 e. The number of alkyl halides is 18. The Morgan fingerprint density at radius 1 is 0.269 bits per heavy atom. The van der Waals surface area contributed by atoms with Gasteiger partial charge in [-0.05, 0) is 0 Å². The van der Waals surface area contributed by atoms with E-state index in [1.807, 2.05) is 0 Å². The molecule has 0 aromatic carbocycles. The molecule has 0 bridgehead atoms. The van der Waals surface area contributed by atoms with E-state index in [0.29, 0.717) is 0 Å². The highest BCUT2D eigenvalue weighted by Gasteiger charge is 3.04. The topological polar surface area (TPSA) is 0 Å². The summed E-state index contributed by atoms with van der Waals surface area (Å²) in [7, 11) is 0. The molecule has 0 unspecified atom stereocenters. The van der Waals surface area contributed by atoms with E-state index in [-0.39, 0.29) is 0 Å². The van der Waals surface area contributed by atoms with E-state index in [1.54, 1.807) is 0 Å². The van der Waals surface area contributed by atoms with Crippen LogP contribution in [0, 0.1) is 5.41 Å². The Balaban J connectivity index is 7.90. The first-order valence-electron chi connectivity index (χ1n) is 5.15. The summed E-state index contributed by atoms with van der Waals surface area (Å²) < 4.78 is 224. The highest BCUT2D eigenvalue weighted by atomic mass is 19.4. The number of halogens is 18. The number of hydrogen-bond donors (Lipinski definition) is 0. The monoisotopic (exact) mass is 438 g/mol. The van der Waals surface area contributed by atoms with Crippen molar-refractivity contribution in [3.8, 4) is 0 Å². The Morgan fingerprint density at radius 2 is 0.500 bits per heavy atom.